The molecule has 0 saturated heterocycles. The van der Waals surface area contributed by atoms with Crippen LogP contribution in [0.25, 0.3) is 0 Å². The van der Waals surface area contributed by atoms with Crippen LogP contribution in [0.15, 0.2) is 30.3 Å². The summed E-state index contributed by atoms with van der Waals surface area (Å²) in [6, 6.07) is 10.1. The molecule has 1 amide bonds. The van der Waals surface area contributed by atoms with Gasteiger partial charge in [-0.1, -0.05) is 30.3 Å². The van der Waals surface area contributed by atoms with Crippen molar-refractivity contribution in [2.45, 2.75) is 37.8 Å². The molecule has 0 heterocycles. The highest BCUT2D eigenvalue weighted by molar-refractivity contribution is 5.79. The van der Waals surface area contributed by atoms with Crippen LogP contribution in [-0.4, -0.2) is 31.7 Å². The third-order valence-corrected chi connectivity index (χ3v) is 4.06. The van der Waals surface area contributed by atoms with E-state index in [1.165, 1.54) is 0 Å². The number of carbonyl (C=O) groups is 1. The van der Waals surface area contributed by atoms with Gasteiger partial charge in [0.1, 0.15) is 0 Å². The van der Waals surface area contributed by atoms with Crippen LogP contribution in [0, 0.1) is 5.92 Å². The van der Waals surface area contributed by atoms with Crippen molar-refractivity contribution in [3.8, 4) is 0 Å². The second kappa shape index (κ2) is 7.41. The summed E-state index contributed by atoms with van der Waals surface area (Å²) in [6.07, 6.45) is 3.96. The maximum Gasteiger partial charge on any atom is 0.225 e. The first kappa shape index (κ1) is 15.0. The van der Waals surface area contributed by atoms with E-state index < -0.39 is 0 Å². The Morgan fingerprint density at radius 3 is 2.80 bits per heavy atom. The molecule has 3 atom stereocenters. The summed E-state index contributed by atoms with van der Waals surface area (Å²) in [6.45, 7) is 0.366. The molecular weight excluding hydrogens is 252 g/mol. The molecule has 2 rings (SSSR count). The van der Waals surface area contributed by atoms with Crippen LogP contribution < -0.4 is 11.1 Å². The van der Waals surface area contributed by atoms with E-state index in [1.54, 1.807) is 7.11 Å². The first-order valence-electron chi connectivity index (χ1n) is 7.31. The van der Waals surface area contributed by atoms with E-state index in [9.17, 15) is 4.79 Å². The lowest BCUT2D eigenvalue weighted by Gasteiger charge is -2.23. The highest BCUT2D eigenvalue weighted by Crippen LogP contribution is 2.22. The van der Waals surface area contributed by atoms with Crippen molar-refractivity contribution >= 4 is 5.91 Å². The number of nitrogens with two attached hydrogens (primary N) is 1. The van der Waals surface area contributed by atoms with Gasteiger partial charge in [0.15, 0.2) is 0 Å². The van der Waals surface area contributed by atoms with Gasteiger partial charge in [-0.25, -0.2) is 0 Å². The molecule has 1 fully saturated rings. The third kappa shape index (κ3) is 3.81. The molecule has 0 spiro atoms. The Kier molecular flexibility index (Phi) is 5.56. The monoisotopic (exact) mass is 276 g/mol. The molecule has 0 bridgehead atoms. The molecular formula is C16H24N2O2. The predicted molar refractivity (Wildman–Crippen MR) is 79.3 cm³/mol. The second-order valence-corrected chi connectivity index (χ2v) is 5.44. The molecule has 1 aromatic rings. The molecule has 4 nitrogen and oxygen atoms in total. The minimum absolute atomic E-state index is 0.0466. The van der Waals surface area contributed by atoms with Crippen molar-refractivity contribution in [1.29, 1.82) is 0 Å². The van der Waals surface area contributed by atoms with Gasteiger partial charge in [-0.05, 0) is 31.2 Å². The van der Waals surface area contributed by atoms with Gasteiger partial charge in [0, 0.05) is 13.7 Å². The lowest BCUT2D eigenvalue weighted by atomic mass is 9.98. The molecule has 1 saturated carbocycles. The lowest BCUT2D eigenvalue weighted by Crippen LogP contribution is -2.45. The van der Waals surface area contributed by atoms with Crippen LogP contribution in [0.4, 0.5) is 0 Å². The molecule has 1 aromatic carbocycles. The summed E-state index contributed by atoms with van der Waals surface area (Å²) in [5.41, 5.74) is 6.92. The minimum Gasteiger partial charge on any atom is -0.379 e. The van der Waals surface area contributed by atoms with E-state index in [1.807, 2.05) is 30.3 Å². The molecule has 3 N–H and O–H groups in total. The highest BCUT2D eigenvalue weighted by Gasteiger charge is 2.30. The molecule has 3 unspecified atom stereocenters. The molecule has 1 aliphatic rings. The van der Waals surface area contributed by atoms with Crippen molar-refractivity contribution in [3.63, 3.8) is 0 Å². The maximum atomic E-state index is 12.3. The number of benzene rings is 1. The summed E-state index contributed by atoms with van der Waals surface area (Å²) in [4.78, 5) is 12.3. The SMILES string of the molecule is COC1CCCC1NC(=O)C(CN)Cc1ccccc1. The molecule has 1 aliphatic carbocycles. The van der Waals surface area contributed by atoms with E-state index in [0.29, 0.717) is 13.0 Å². The third-order valence-electron chi connectivity index (χ3n) is 4.06. The topological polar surface area (TPSA) is 64.3 Å². The fraction of sp³-hybridized carbons (Fsp3) is 0.562. The number of ether oxygens (including phenoxy) is 1. The molecule has 0 radical (unpaired) electrons. The molecule has 20 heavy (non-hydrogen) atoms. The van der Waals surface area contributed by atoms with Gasteiger partial charge in [0.2, 0.25) is 5.91 Å². The van der Waals surface area contributed by atoms with E-state index in [4.69, 9.17) is 10.5 Å². The number of methoxy groups -OCH3 is 1. The summed E-state index contributed by atoms with van der Waals surface area (Å²) in [5.74, 6) is -0.124. The number of hydrogen-bond acceptors (Lipinski definition) is 3. The van der Waals surface area contributed by atoms with Crippen LogP contribution in [-0.2, 0) is 16.0 Å². The van der Waals surface area contributed by atoms with Crippen LogP contribution in [0.5, 0.6) is 0 Å². The number of hydrogen-bond donors (Lipinski definition) is 2. The Bertz CT molecular complexity index is 422. The standard InChI is InChI=1S/C16H24N2O2/c1-20-15-9-5-8-14(15)18-16(19)13(11-17)10-12-6-3-2-4-7-12/h2-4,6-7,13-15H,5,8-11,17H2,1H3,(H,18,19). The van der Waals surface area contributed by atoms with Crippen molar-refractivity contribution in [1.82, 2.24) is 5.32 Å². The molecule has 0 aliphatic heterocycles. The Labute approximate surface area is 120 Å². The zero-order valence-corrected chi connectivity index (χ0v) is 12.0. The van der Waals surface area contributed by atoms with Gasteiger partial charge in [0.05, 0.1) is 18.1 Å². The van der Waals surface area contributed by atoms with Gasteiger partial charge >= 0.3 is 0 Å². The Morgan fingerprint density at radius 1 is 1.40 bits per heavy atom. The predicted octanol–water partition coefficient (Wildman–Crippen LogP) is 1.49. The number of amides is 1. The zero-order valence-electron chi connectivity index (χ0n) is 12.0. The number of carbonyl (C=O) groups excluding carboxylic acids is 1. The fourth-order valence-corrected chi connectivity index (χ4v) is 2.86. The first-order chi connectivity index (χ1) is 9.74. The second-order valence-electron chi connectivity index (χ2n) is 5.44. The van der Waals surface area contributed by atoms with Gasteiger partial charge in [-0.2, -0.15) is 0 Å². The van der Waals surface area contributed by atoms with E-state index in [2.05, 4.69) is 5.32 Å². The lowest BCUT2D eigenvalue weighted by molar-refractivity contribution is -0.126. The van der Waals surface area contributed by atoms with Crippen molar-refractivity contribution in [3.05, 3.63) is 35.9 Å². The maximum absolute atomic E-state index is 12.3. The normalized spacial score (nSPS) is 23.5. The Balaban J connectivity index is 1.92. The summed E-state index contributed by atoms with van der Waals surface area (Å²) >= 11 is 0. The van der Waals surface area contributed by atoms with E-state index in [-0.39, 0.29) is 24.0 Å². The number of nitrogens with one attached hydrogen (secondary N) is 1. The van der Waals surface area contributed by atoms with Gasteiger partial charge in [0.25, 0.3) is 0 Å². The minimum atomic E-state index is -0.171. The van der Waals surface area contributed by atoms with Crippen molar-refractivity contribution in [2.75, 3.05) is 13.7 Å². The average molecular weight is 276 g/mol. The molecule has 110 valence electrons. The largest absolute Gasteiger partial charge is 0.379 e. The highest BCUT2D eigenvalue weighted by atomic mass is 16.5. The Morgan fingerprint density at radius 2 is 2.15 bits per heavy atom. The zero-order chi connectivity index (χ0) is 14.4. The first-order valence-corrected chi connectivity index (χ1v) is 7.31. The number of rotatable bonds is 6. The van der Waals surface area contributed by atoms with Gasteiger partial charge in [-0.3, -0.25) is 4.79 Å². The van der Waals surface area contributed by atoms with Crippen molar-refractivity contribution < 1.29 is 9.53 Å². The van der Waals surface area contributed by atoms with Gasteiger partial charge < -0.3 is 15.8 Å². The molecule has 0 aromatic heterocycles. The average Bonchev–Trinajstić information content (AvgIpc) is 2.92. The molecule has 4 heteroatoms. The van der Waals surface area contributed by atoms with E-state index in [0.717, 1.165) is 24.8 Å². The van der Waals surface area contributed by atoms with Crippen LogP contribution in [0.2, 0.25) is 0 Å². The fourth-order valence-electron chi connectivity index (χ4n) is 2.86. The van der Waals surface area contributed by atoms with Crippen LogP contribution in [0.3, 0.4) is 0 Å². The Hall–Kier alpha value is -1.39. The van der Waals surface area contributed by atoms with Gasteiger partial charge in [-0.15, -0.1) is 0 Å². The summed E-state index contributed by atoms with van der Waals surface area (Å²) in [5, 5.41) is 3.11. The van der Waals surface area contributed by atoms with Crippen LogP contribution in [0.1, 0.15) is 24.8 Å². The van der Waals surface area contributed by atoms with E-state index >= 15 is 0 Å². The summed E-state index contributed by atoms with van der Waals surface area (Å²) in [7, 11) is 1.71. The van der Waals surface area contributed by atoms with Crippen LogP contribution >= 0.6 is 0 Å². The van der Waals surface area contributed by atoms with Crippen molar-refractivity contribution in [2.24, 2.45) is 11.7 Å². The smallest absolute Gasteiger partial charge is 0.225 e. The summed E-state index contributed by atoms with van der Waals surface area (Å²) < 4.78 is 5.41. The quantitative estimate of drug-likeness (QED) is 0.827.